The molecule has 0 aliphatic heterocycles. The number of fused-ring (bicyclic) bond motifs is 1. The molecule has 2 aliphatic carbocycles. The molecule has 0 amide bonds. The molecule has 154 valence electrons. The summed E-state index contributed by atoms with van der Waals surface area (Å²) in [5, 5.41) is 0.377. The van der Waals surface area contributed by atoms with Gasteiger partial charge in [0.25, 0.3) is 10.1 Å². The summed E-state index contributed by atoms with van der Waals surface area (Å²) in [4.78, 5) is 13.1. The van der Waals surface area contributed by atoms with Gasteiger partial charge in [-0.2, -0.15) is 8.42 Å². The van der Waals surface area contributed by atoms with Gasteiger partial charge in [-0.3, -0.25) is 9.35 Å². The van der Waals surface area contributed by atoms with Crippen LogP contribution in [0.3, 0.4) is 0 Å². The maximum Gasteiger partial charge on any atom is 1.00 e. The van der Waals surface area contributed by atoms with Gasteiger partial charge in [-0.15, -0.1) is 0 Å². The predicted octanol–water partition coefficient (Wildman–Crippen LogP) is 0.877. The molecule has 10 heteroatoms. The van der Waals surface area contributed by atoms with Crippen molar-refractivity contribution in [1.82, 2.24) is 0 Å². The van der Waals surface area contributed by atoms with Crippen molar-refractivity contribution in [3.05, 3.63) is 27.2 Å². The quantitative estimate of drug-likeness (QED) is 0.383. The molecule has 1 aromatic carbocycles. The molecule has 2 aliphatic rings. The van der Waals surface area contributed by atoms with Crippen LogP contribution >= 0.6 is 23.2 Å². The second-order valence-electron chi connectivity index (χ2n) is 7.43. The van der Waals surface area contributed by atoms with Crippen LogP contribution in [0.2, 0.25) is 10.0 Å². The summed E-state index contributed by atoms with van der Waals surface area (Å²) >= 11 is 12.7. The molecule has 0 saturated heterocycles. The summed E-state index contributed by atoms with van der Waals surface area (Å²) in [6.45, 7) is 2.09. The number of hydrogen-bond donors (Lipinski definition) is 1. The predicted molar refractivity (Wildman–Crippen MR) is 106 cm³/mol. The molecule has 1 atom stereocenters. The standard InChI is InChI=1S/C18H22Cl2O5S.Na.H2O.H/c1-18(12-5-2-3-6-12)10-11-9-13(25-7-4-8-26(22,23)24)15(19)16(20)14(11)17(18)21;;;/h9,12H,2-8,10H2,1H3,(H,22,23,24);;1H2;/q;+1;;-1. The van der Waals surface area contributed by atoms with Crippen LogP contribution in [0.15, 0.2) is 6.07 Å². The van der Waals surface area contributed by atoms with Crippen molar-refractivity contribution in [2.75, 3.05) is 12.4 Å². The van der Waals surface area contributed by atoms with Gasteiger partial charge in [0.1, 0.15) is 10.8 Å². The summed E-state index contributed by atoms with van der Waals surface area (Å²) in [6, 6.07) is 1.75. The first-order valence-electron chi connectivity index (χ1n) is 8.77. The minimum absolute atomic E-state index is 0. The van der Waals surface area contributed by atoms with Crippen LogP contribution in [0.4, 0.5) is 0 Å². The molecule has 1 aromatic rings. The molecule has 0 radical (unpaired) electrons. The largest absolute Gasteiger partial charge is 1.00 e. The van der Waals surface area contributed by atoms with Crippen molar-refractivity contribution in [2.24, 2.45) is 11.3 Å². The van der Waals surface area contributed by atoms with Crippen LogP contribution in [-0.2, 0) is 16.5 Å². The SMILES string of the molecule is CC1(C2CCCC2)Cc2cc(OCCCS(=O)(=O)O)c(Cl)c(Cl)c2C1=O.O.[H-].[Na+]. The number of carbonyl (C=O) groups excluding carboxylic acids is 1. The number of Topliss-reactive ketones (excluding diaryl/α,β-unsaturated/α-hetero) is 1. The number of hydrogen-bond acceptors (Lipinski definition) is 4. The third-order valence-electron chi connectivity index (χ3n) is 5.62. The third kappa shape index (κ3) is 5.24. The first-order chi connectivity index (χ1) is 12.1. The van der Waals surface area contributed by atoms with Gasteiger partial charge in [-0.1, -0.05) is 43.0 Å². The fraction of sp³-hybridized carbons (Fsp3) is 0.611. The van der Waals surface area contributed by atoms with Gasteiger partial charge >= 0.3 is 29.6 Å². The number of carbonyl (C=O) groups is 1. The fourth-order valence-electron chi connectivity index (χ4n) is 4.22. The van der Waals surface area contributed by atoms with Gasteiger partial charge in [0.15, 0.2) is 5.78 Å². The monoisotopic (exact) mass is 462 g/mol. The zero-order valence-electron chi connectivity index (χ0n) is 17.1. The Morgan fingerprint density at radius 3 is 2.46 bits per heavy atom. The van der Waals surface area contributed by atoms with Crippen molar-refractivity contribution in [1.29, 1.82) is 0 Å². The van der Waals surface area contributed by atoms with Crippen LogP contribution in [-0.4, -0.2) is 36.6 Å². The Bertz CT molecular complexity index is 845. The Kier molecular flexibility index (Phi) is 9.32. The molecule has 0 spiro atoms. The van der Waals surface area contributed by atoms with E-state index in [1.165, 1.54) is 0 Å². The Hall–Kier alpha value is 0.140. The molecule has 3 N–H and O–H groups in total. The maximum atomic E-state index is 13.1. The Labute approximate surface area is 199 Å². The van der Waals surface area contributed by atoms with E-state index < -0.39 is 15.5 Å². The van der Waals surface area contributed by atoms with E-state index >= 15 is 0 Å². The van der Waals surface area contributed by atoms with E-state index in [2.05, 4.69) is 0 Å². The topological polar surface area (TPSA) is 112 Å². The minimum atomic E-state index is -4.02. The smallest absolute Gasteiger partial charge is 1.00 e. The molecule has 0 aromatic heterocycles. The van der Waals surface area contributed by atoms with Gasteiger partial charge in [0.05, 0.1) is 17.4 Å². The van der Waals surface area contributed by atoms with Gasteiger partial charge in [0.2, 0.25) is 0 Å². The number of benzene rings is 1. The zero-order valence-corrected chi connectivity index (χ0v) is 20.4. The minimum Gasteiger partial charge on any atom is -1.00 e. The number of rotatable bonds is 6. The second kappa shape index (κ2) is 9.96. The average Bonchev–Trinajstić information content (AvgIpc) is 3.16. The fourth-order valence-corrected chi connectivity index (χ4v) is 5.21. The van der Waals surface area contributed by atoms with Gasteiger partial charge in [-0.05, 0) is 43.2 Å². The van der Waals surface area contributed by atoms with Crippen LogP contribution < -0.4 is 34.3 Å². The third-order valence-corrected chi connectivity index (χ3v) is 7.27. The van der Waals surface area contributed by atoms with Crippen LogP contribution in [0, 0.1) is 11.3 Å². The molecule has 6 nitrogen and oxygen atoms in total. The maximum absolute atomic E-state index is 13.1. The first kappa shape index (κ1) is 26.2. The van der Waals surface area contributed by atoms with Crippen molar-refractivity contribution in [3.8, 4) is 5.75 Å². The molecule has 0 bridgehead atoms. The average molecular weight is 463 g/mol. The summed E-state index contributed by atoms with van der Waals surface area (Å²) in [5.41, 5.74) is 0.884. The van der Waals surface area contributed by atoms with E-state index in [4.69, 9.17) is 32.5 Å². The summed E-state index contributed by atoms with van der Waals surface area (Å²) in [5.74, 6) is 0.372. The summed E-state index contributed by atoms with van der Waals surface area (Å²) < 4.78 is 35.9. The molecule has 0 heterocycles. The van der Waals surface area contributed by atoms with E-state index in [1.54, 1.807) is 6.07 Å². The Morgan fingerprint density at radius 1 is 1.29 bits per heavy atom. The first-order valence-corrected chi connectivity index (χ1v) is 11.1. The van der Waals surface area contributed by atoms with Crippen molar-refractivity contribution >= 4 is 39.1 Å². The van der Waals surface area contributed by atoms with Crippen LogP contribution in [0.5, 0.6) is 5.75 Å². The summed E-state index contributed by atoms with van der Waals surface area (Å²) in [6.07, 6.45) is 5.16. The van der Waals surface area contributed by atoms with E-state index in [0.29, 0.717) is 23.7 Å². The molecular formula is C18H25Cl2NaO6S. The molecule has 3 rings (SSSR count). The summed E-state index contributed by atoms with van der Waals surface area (Å²) in [7, 11) is -4.02. The van der Waals surface area contributed by atoms with Crippen LogP contribution in [0.1, 0.15) is 56.4 Å². The van der Waals surface area contributed by atoms with Crippen molar-refractivity contribution < 1.29 is 59.0 Å². The van der Waals surface area contributed by atoms with Crippen LogP contribution in [0.25, 0.3) is 0 Å². The van der Waals surface area contributed by atoms with Crippen molar-refractivity contribution in [3.63, 3.8) is 0 Å². The number of ether oxygens (including phenoxy) is 1. The van der Waals surface area contributed by atoms with Crippen molar-refractivity contribution in [2.45, 2.75) is 45.4 Å². The van der Waals surface area contributed by atoms with Gasteiger partial charge in [0, 0.05) is 11.0 Å². The number of ketones is 1. The van der Waals surface area contributed by atoms with E-state index in [9.17, 15) is 13.2 Å². The molecule has 28 heavy (non-hydrogen) atoms. The molecule has 1 unspecified atom stereocenters. The molecule has 1 fully saturated rings. The van der Waals surface area contributed by atoms with E-state index in [1.807, 2.05) is 6.92 Å². The molecular weight excluding hydrogens is 438 g/mol. The van der Waals surface area contributed by atoms with Gasteiger partial charge < -0.3 is 11.6 Å². The second-order valence-corrected chi connectivity index (χ2v) is 9.76. The Morgan fingerprint density at radius 2 is 1.89 bits per heavy atom. The van der Waals surface area contributed by atoms with Gasteiger partial charge in [-0.25, -0.2) is 0 Å². The number of halogens is 2. The van der Waals surface area contributed by atoms with E-state index in [0.717, 1.165) is 31.2 Å². The van der Waals surface area contributed by atoms with E-state index in [-0.39, 0.29) is 71.1 Å². The molecule has 1 saturated carbocycles. The zero-order chi connectivity index (χ0) is 19.1. The Balaban J connectivity index is 0.00000261. The normalized spacial score (nSPS) is 21.8.